The molecule has 2 rings (SSSR count). The van der Waals surface area contributed by atoms with Crippen molar-refractivity contribution >= 4 is 46.3 Å². The number of hydrogen-bond donors (Lipinski definition) is 3. The van der Waals surface area contributed by atoms with Crippen LogP contribution in [0.4, 0.5) is 11.4 Å². The van der Waals surface area contributed by atoms with E-state index in [-0.39, 0.29) is 11.8 Å². The van der Waals surface area contributed by atoms with E-state index in [1.807, 2.05) is 17.7 Å². The molecule has 0 radical (unpaired) electrons. The van der Waals surface area contributed by atoms with Crippen LogP contribution in [-0.4, -0.2) is 29.9 Å². The van der Waals surface area contributed by atoms with Crippen LogP contribution < -0.4 is 16.4 Å². The third kappa shape index (κ3) is 5.38. The lowest BCUT2D eigenvalue weighted by Gasteiger charge is -2.12. The summed E-state index contributed by atoms with van der Waals surface area (Å²) in [5.74, 6) is 0.451. The van der Waals surface area contributed by atoms with Crippen molar-refractivity contribution in [2.75, 3.05) is 22.6 Å². The van der Waals surface area contributed by atoms with Gasteiger partial charge in [0.1, 0.15) is 0 Å². The molecular weight excluding hydrogens is 330 g/mol. The van der Waals surface area contributed by atoms with Gasteiger partial charge in [0.15, 0.2) is 0 Å². The Balaban J connectivity index is 1.97. The van der Waals surface area contributed by atoms with E-state index in [0.29, 0.717) is 22.7 Å². The van der Waals surface area contributed by atoms with Crippen molar-refractivity contribution in [3.05, 3.63) is 46.7 Å². The predicted octanol–water partition coefficient (Wildman–Crippen LogP) is 3.02. The molecule has 1 heterocycles. The quantitative estimate of drug-likeness (QED) is 0.717. The maximum atomic E-state index is 12.0. The fourth-order valence-electron chi connectivity index (χ4n) is 1.89. The summed E-state index contributed by atoms with van der Waals surface area (Å²) in [6, 6.07) is 10.1. The molecule has 0 saturated heterocycles. The summed E-state index contributed by atoms with van der Waals surface area (Å²) in [6.45, 7) is 0. The average Bonchev–Trinajstić information content (AvgIpc) is 3.07. The lowest BCUT2D eigenvalue weighted by atomic mass is 10.2. The molecule has 0 aliphatic rings. The number of hydrogen-bond acceptors (Lipinski definition) is 5. The molecule has 23 heavy (non-hydrogen) atoms. The van der Waals surface area contributed by atoms with Gasteiger partial charge in [-0.15, -0.1) is 11.3 Å². The minimum Gasteiger partial charge on any atom is -0.325 e. The first-order valence-electron chi connectivity index (χ1n) is 7.10. The third-order valence-corrected chi connectivity index (χ3v) is 4.62. The summed E-state index contributed by atoms with van der Waals surface area (Å²) >= 11 is 3.03. The molecule has 1 aromatic carbocycles. The van der Waals surface area contributed by atoms with E-state index in [2.05, 4.69) is 10.6 Å². The number of carbonyl (C=O) groups excluding carboxylic acids is 2. The molecule has 1 atom stereocenters. The van der Waals surface area contributed by atoms with Crippen LogP contribution in [0.15, 0.2) is 41.8 Å². The minimum atomic E-state index is -0.535. The molecule has 0 aliphatic carbocycles. The highest BCUT2D eigenvalue weighted by Gasteiger charge is 2.13. The van der Waals surface area contributed by atoms with Crippen LogP contribution in [0.1, 0.15) is 16.1 Å². The summed E-state index contributed by atoms with van der Waals surface area (Å²) < 4.78 is 0. The Kier molecular flexibility index (Phi) is 6.64. The van der Waals surface area contributed by atoms with Gasteiger partial charge >= 0.3 is 0 Å². The van der Waals surface area contributed by atoms with Gasteiger partial charge in [-0.1, -0.05) is 12.1 Å². The summed E-state index contributed by atoms with van der Waals surface area (Å²) in [4.78, 5) is 24.7. The van der Waals surface area contributed by atoms with Crippen molar-refractivity contribution in [2.45, 2.75) is 12.5 Å². The second-order valence-corrected chi connectivity index (χ2v) is 6.82. The maximum absolute atomic E-state index is 12.0. The van der Waals surface area contributed by atoms with E-state index < -0.39 is 6.04 Å². The smallest absolute Gasteiger partial charge is 0.265 e. The molecule has 0 spiro atoms. The number of amides is 2. The maximum Gasteiger partial charge on any atom is 0.265 e. The molecule has 5 nitrogen and oxygen atoms in total. The van der Waals surface area contributed by atoms with Crippen molar-refractivity contribution in [3.8, 4) is 0 Å². The van der Waals surface area contributed by atoms with Gasteiger partial charge < -0.3 is 16.4 Å². The average molecular weight is 349 g/mol. The lowest BCUT2D eigenvalue weighted by Crippen LogP contribution is -2.36. The van der Waals surface area contributed by atoms with E-state index in [1.165, 1.54) is 11.3 Å². The van der Waals surface area contributed by atoms with Crippen molar-refractivity contribution in [2.24, 2.45) is 5.73 Å². The van der Waals surface area contributed by atoms with Gasteiger partial charge in [0.05, 0.1) is 10.9 Å². The van der Waals surface area contributed by atoms with Crippen molar-refractivity contribution in [1.29, 1.82) is 0 Å². The molecular formula is C16H19N3O2S2. The van der Waals surface area contributed by atoms with Crippen LogP contribution in [-0.2, 0) is 4.79 Å². The largest absolute Gasteiger partial charge is 0.325 e. The van der Waals surface area contributed by atoms with E-state index in [9.17, 15) is 9.59 Å². The Hall–Kier alpha value is -1.83. The van der Waals surface area contributed by atoms with Crippen LogP contribution in [0.3, 0.4) is 0 Å². The van der Waals surface area contributed by atoms with Gasteiger partial charge in [-0.05, 0) is 48.1 Å². The van der Waals surface area contributed by atoms with Gasteiger partial charge in [0.2, 0.25) is 5.91 Å². The highest BCUT2D eigenvalue weighted by Crippen LogP contribution is 2.18. The Bertz CT molecular complexity index is 659. The van der Waals surface area contributed by atoms with Crippen molar-refractivity contribution in [3.63, 3.8) is 0 Å². The highest BCUT2D eigenvalue weighted by atomic mass is 32.2. The summed E-state index contributed by atoms with van der Waals surface area (Å²) in [7, 11) is 0. The first kappa shape index (κ1) is 17.5. The van der Waals surface area contributed by atoms with Gasteiger partial charge in [-0.2, -0.15) is 11.8 Å². The van der Waals surface area contributed by atoms with Gasteiger partial charge in [-0.25, -0.2) is 0 Å². The number of thiophene rings is 1. The molecule has 0 saturated carbocycles. The van der Waals surface area contributed by atoms with Crippen LogP contribution in [0.25, 0.3) is 0 Å². The Labute approximate surface area is 143 Å². The Morgan fingerprint density at radius 2 is 1.96 bits per heavy atom. The van der Waals surface area contributed by atoms with Crippen LogP contribution >= 0.6 is 23.1 Å². The molecule has 122 valence electrons. The Morgan fingerprint density at radius 1 is 1.22 bits per heavy atom. The number of nitrogens with one attached hydrogen (secondary N) is 2. The molecule has 4 N–H and O–H groups in total. The predicted molar refractivity (Wildman–Crippen MR) is 98.3 cm³/mol. The van der Waals surface area contributed by atoms with Crippen molar-refractivity contribution < 1.29 is 9.59 Å². The number of nitrogens with two attached hydrogens (primary N) is 1. The first-order chi connectivity index (χ1) is 11.1. The van der Waals surface area contributed by atoms with E-state index >= 15 is 0 Å². The zero-order valence-corrected chi connectivity index (χ0v) is 14.4. The van der Waals surface area contributed by atoms with E-state index in [0.717, 1.165) is 5.75 Å². The minimum absolute atomic E-state index is 0.167. The second-order valence-electron chi connectivity index (χ2n) is 4.89. The second kappa shape index (κ2) is 8.71. The fraction of sp³-hybridized carbons (Fsp3) is 0.250. The van der Waals surface area contributed by atoms with Crippen LogP contribution in [0.5, 0.6) is 0 Å². The standard InChI is InChI=1S/C16H19N3O2S2/c1-22-9-7-13(17)15(20)18-11-4-2-5-12(10-11)19-16(21)14-6-3-8-23-14/h2-6,8,10,13H,7,9,17H2,1H3,(H,18,20)(H,19,21)/t13-/m0/s1. The topological polar surface area (TPSA) is 84.2 Å². The molecule has 0 fully saturated rings. The zero-order valence-electron chi connectivity index (χ0n) is 12.7. The van der Waals surface area contributed by atoms with Gasteiger partial charge in [-0.3, -0.25) is 9.59 Å². The monoisotopic (exact) mass is 349 g/mol. The van der Waals surface area contributed by atoms with E-state index in [4.69, 9.17) is 5.73 Å². The number of anilines is 2. The molecule has 2 aromatic rings. The number of benzene rings is 1. The van der Waals surface area contributed by atoms with Crippen LogP contribution in [0, 0.1) is 0 Å². The molecule has 1 aromatic heterocycles. The first-order valence-corrected chi connectivity index (χ1v) is 9.38. The Morgan fingerprint density at radius 3 is 2.61 bits per heavy atom. The fourth-order valence-corrected chi connectivity index (χ4v) is 2.99. The number of carbonyl (C=O) groups is 2. The van der Waals surface area contributed by atoms with Gasteiger partial charge in [0, 0.05) is 11.4 Å². The lowest BCUT2D eigenvalue weighted by molar-refractivity contribution is -0.117. The molecule has 0 aliphatic heterocycles. The summed E-state index contributed by atoms with van der Waals surface area (Å²) in [6.07, 6.45) is 2.60. The SMILES string of the molecule is CSCC[C@H](N)C(=O)Nc1cccc(NC(=O)c2cccs2)c1. The van der Waals surface area contributed by atoms with Gasteiger partial charge in [0.25, 0.3) is 5.91 Å². The third-order valence-electron chi connectivity index (χ3n) is 3.10. The molecule has 7 heteroatoms. The molecule has 0 bridgehead atoms. The highest BCUT2D eigenvalue weighted by molar-refractivity contribution is 7.98. The molecule has 2 amide bonds. The summed E-state index contributed by atoms with van der Waals surface area (Å²) in [5.41, 5.74) is 7.07. The zero-order chi connectivity index (χ0) is 16.7. The number of thioether (sulfide) groups is 1. The summed E-state index contributed by atoms with van der Waals surface area (Å²) in [5, 5.41) is 7.43. The molecule has 0 unspecified atom stereocenters. The van der Waals surface area contributed by atoms with E-state index in [1.54, 1.807) is 42.1 Å². The van der Waals surface area contributed by atoms with Crippen LogP contribution in [0.2, 0.25) is 0 Å². The normalized spacial score (nSPS) is 11.7. The van der Waals surface area contributed by atoms with Crippen molar-refractivity contribution in [1.82, 2.24) is 0 Å². The number of rotatable bonds is 7.